The predicted octanol–water partition coefficient (Wildman–Crippen LogP) is 5.23. The summed E-state index contributed by atoms with van der Waals surface area (Å²) in [5.74, 6) is 0.574. The number of allylic oxidation sites excluding steroid dienone is 4. The summed E-state index contributed by atoms with van der Waals surface area (Å²) in [6.45, 7) is 11.3. The normalized spacial score (nSPS) is 47.7. The molecule has 23 heavy (non-hydrogen) atoms. The van der Waals surface area contributed by atoms with Gasteiger partial charge in [-0.05, 0) is 65.2 Å². The summed E-state index contributed by atoms with van der Waals surface area (Å²) in [5, 5.41) is 0. The Bertz CT molecular complexity index is 556. The Morgan fingerprint density at radius 2 is 1.91 bits per heavy atom. The van der Waals surface area contributed by atoms with E-state index in [1.54, 1.807) is 0 Å². The maximum atomic E-state index is 12.0. The fourth-order valence-corrected chi connectivity index (χ4v) is 5.56. The minimum atomic E-state index is -0.277. The smallest absolute Gasteiger partial charge is 0.126 e. The molecule has 3 rings (SSSR count). The lowest BCUT2D eigenvalue weighted by atomic mass is 9.53. The van der Waals surface area contributed by atoms with Crippen LogP contribution in [-0.2, 0) is 9.53 Å². The van der Waals surface area contributed by atoms with Crippen molar-refractivity contribution >= 4 is 6.29 Å². The van der Waals surface area contributed by atoms with Crippen molar-refractivity contribution in [2.45, 2.75) is 84.3 Å². The van der Waals surface area contributed by atoms with Crippen LogP contribution in [0.5, 0.6) is 0 Å². The van der Waals surface area contributed by atoms with Gasteiger partial charge in [-0.25, -0.2) is 0 Å². The molecule has 0 aromatic heterocycles. The Kier molecular flexibility index (Phi) is 4.11. The van der Waals surface area contributed by atoms with Crippen molar-refractivity contribution in [2.75, 3.05) is 0 Å². The minimum absolute atomic E-state index is 0.0222. The van der Waals surface area contributed by atoms with Gasteiger partial charge in [0.05, 0.1) is 11.5 Å². The second kappa shape index (κ2) is 5.58. The first kappa shape index (κ1) is 17.0. The van der Waals surface area contributed by atoms with E-state index < -0.39 is 0 Å². The van der Waals surface area contributed by atoms with Crippen LogP contribution in [0.4, 0.5) is 0 Å². The molecule has 1 saturated carbocycles. The summed E-state index contributed by atoms with van der Waals surface area (Å²) in [7, 11) is 0. The second-order valence-corrected chi connectivity index (χ2v) is 8.85. The standard InChI is InChI=1S/C21H32O2/c1-15-7-6-8-16(2)13-18(14-22)21-19(3,4)17(10-9-15)11-12-20(21,5)23-21/h8-9,14,17-18H,6-7,10-13H2,1-5H3/b15-9+,16-8+/t17-,18+,20-,21+/m0/s1. The van der Waals surface area contributed by atoms with E-state index in [0.29, 0.717) is 5.92 Å². The van der Waals surface area contributed by atoms with Crippen molar-refractivity contribution in [3.8, 4) is 0 Å². The van der Waals surface area contributed by atoms with Crippen molar-refractivity contribution in [1.29, 1.82) is 0 Å². The maximum absolute atomic E-state index is 12.0. The van der Waals surface area contributed by atoms with Crippen molar-refractivity contribution in [3.05, 3.63) is 23.3 Å². The Hall–Kier alpha value is -0.890. The van der Waals surface area contributed by atoms with Gasteiger partial charge in [-0.3, -0.25) is 0 Å². The molecule has 1 spiro atoms. The summed E-state index contributed by atoms with van der Waals surface area (Å²) in [6, 6.07) is 0. The van der Waals surface area contributed by atoms with Gasteiger partial charge in [-0.1, -0.05) is 37.1 Å². The van der Waals surface area contributed by atoms with Crippen LogP contribution in [0, 0.1) is 17.3 Å². The van der Waals surface area contributed by atoms with Gasteiger partial charge in [0.1, 0.15) is 11.9 Å². The molecule has 2 heteroatoms. The number of carbonyl (C=O) groups excluding carboxylic acids is 1. The highest BCUT2D eigenvalue weighted by atomic mass is 16.6. The molecule has 0 amide bonds. The molecule has 2 nitrogen and oxygen atoms in total. The first-order valence-electron chi connectivity index (χ1n) is 9.23. The summed E-state index contributed by atoms with van der Waals surface area (Å²) >= 11 is 0. The van der Waals surface area contributed by atoms with E-state index in [-0.39, 0.29) is 22.5 Å². The molecule has 3 aliphatic rings. The van der Waals surface area contributed by atoms with Gasteiger partial charge >= 0.3 is 0 Å². The van der Waals surface area contributed by atoms with Crippen molar-refractivity contribution < 1.29 is 9.53 Å². The van der Waals surface area contributed by atoms with E-state index in [2.05, 4.69) is 46.8 Å². The Balaban J connectivity index is 2.03. The molecule has 0 unspecified atom stereocenters. The second-order valence-electron chi connectivity index (χ2n) is 8.85. The first-order chi connectivity index (χ1) is 10.8. The fraction of sp³-hybridized carbons (Fsp3) is 0.762. The molecule has 0 aromatic carbocycles. The van der Waals surface area contributed by atoms with Crippen LogP contribution in [-0.4, -0.2) is 17.5 Å². The van der Waals surface area contributed by atoms with Crippen molar-refractivity contribution in [1.82, 2.24) is 0 Å². The van der Waals surface area contributed by atoms with Gasteiger partial charge < -0.3 is 9.53 Å². The minimum Gasteiger partial charge on any atom is -0.361 e. The highest BCUT2D eigenvalue weighted by Gasteiger charge is 2.78. The summed E-state index contributed by atoms with van der Waals surface area (Å²) in [6.07, 6.45) is 12.4. The average molecular weight is 316 g/mol. The Morgan fingerprint density at radius 3 is 2.61 bits per heavy atom. The number of aldehydes is 1. The molecule has 1 saturated heterocycles. The number of rotatable bonds is 1. The van der Waals surface area contributed by atoms with Crippen molar-refractivity contribution in [3.63, 3.8) is 0 Å². The Morgan fingerprint density at radius 1 is 1.17 bits per heavy atom. The molecule has 1 heterocycles. The monoisotopic (exact) mass is 316 g/mol. The zero-order valence-corrected chi connectivity index (χ0v) is 15.4. The lowest BCUT2D eigenvalue weighted by Gasteiger charge is -2.47. The molecule has 4 atom stereocenters. The van der Waals surface area contributed by atoms with E-state index in [0.717, 1.165) is 32.1 Å². The lowest BCUT2D eigenvalue weighted by molar-refractivity contribution is -0.116. The van der Waals surface area contributed by atoms with E-state index in [4.69, 9.17) is 4.74 Å². The number of hydrogen-bond donors (Lipinski definition) is 0. The number of carbonyl (C=O) groups is 1. The quantitative estimate of drug-likeness (QED) is 0.376. The van der Waals surface area contributed by atoms with Crippen molar-refractivity contribution in [2.24, 2.45) is 17.3 Å². The molecule has 128 valence electrons. The SMILES string of the molecule is C/C1=C\C[C@H]2CC[C@]3(C)O[C@]3([C@@H](C=O)C/C(C)=C/CC1)C2(C)C. The molecule has 2 bridgehead atoms. The van der Waals surface area contributed by atoms with Crippen LogP contribution in [0.15, 0.2) is 23.3 Å². The molecule has 0 radical (unpaired) electrons. The molecule has 0 aromatic rings. The van der Waals surface area contributed by atoms with E-state index in [1.165, 1.54) is 23.9 Å². The van der Waals surface area contributed by atoms with Crippen LogP contribution >= 0.6 is 0 Å². The topological polar surface area (TPSA) is 29.6 Å². The highest BCUT2D eigenvalue weighted by molar-refractivity contribution is 5.60. The fourth-order valence-electron chi connectivity index (χ4n) is 5.56. The molecule has 1 aliphatic heterocycles. The van der Waals surface area contributed by atoms with Crippen LogP contribution in [0.1, 0.15) is 73.1 Å². The van der Waals surface area contributed by atoms with Gasteiger partial charge in [0.15, 0.2) is 0 Å². The van der Waals surface area contributed by atoms with E-state index in [9.17, 15) is 4.79 Å². The lowest BCUT2D eigenvalue weighted by Crippen LogP contribution is -2.52. The van der Waals surface area contributed by atoms with Crippen LogP contribution in [0.25, 0.3) is 0 Å². The predicted molar refractivity (Wildman–Crippen MR) is 94.3 cm³/mol. The van der Waals surface area contributed by atoms with Crippen LogP contribution in [0.2, 0.25) is 0 Å². The molecular formula is C21H32O2. The summed E-state index contributed by atoms with van der Waals surface area (Å²) in [4.78, 5) is 12.0. The Labute approximate surface area is 141 Å². The zero-order chi connectivity index (χ0) is 16.9. The van der Waals surface area contributed by atoms with E-state index in [1.807, 2.05) is 0 Å². The van der Waals surface area contributed by atoms with Gasteiger partial charge in [0, 0.05) is 5.41 Å². The van der Waals surface area contributed by atoms with Gasteiger partial charge in [0.25, 0.3) is 0 Å². The van der Waals surface area contributed by atoms with Gasteiger partial charge in [0.2, 0.25) is 0 Å². The molecular weight excluding hydrogens is 284 g/mol. The van der Waals surface area contributed by atoms with Crippen LogP contribution < -0.4 is 0 Å². The molecule has 2 aliphatic carbocycles. The maximum Gasteiger partial charge on any atom is 0.126 e. The third-order valence-corrected chi connectivity index (χ3v) is 7.09. The number of ether oxygens (including phenoxy) is 1. The number of hydrogen-bond acceptors (Lipinski definition) is 2. The van der Waals surface area contributed by atoms with Gasteiger partial charge in [-0.2, -0.15) is 0 Å². The highest BCUT2D eigenvalue weighted by Crippen LogP contribution is 2.70. The third-order valence-electron chi connectivity index (χ3n) is 7.09. The number of fused-ring (bicyclic) bond motifs is 1. The summed E-state index contributed by atoms with van der Waals surface area (Å²) < 4.78 is 6.44. The molecule has 2 fully saturated rings. The zero-order valence-electron chi connectivity index (χ0n) is 15.4. The number of epoxide rings is 1. The first-order valence-corrected chi connectivity index (χ1v) is 9.23. The largest absolute Gasteiger partial charge is 0.361 e. The molecule has 0 N–H and O–H groups in total. The average Bonchev–Trinajstić information content (AvgIpc) is 3.12. The van der Waals surface area contributed by atoms with Crippen LogP contribution in [0.3, 0.4) is 0 Å². The van der Waals surface area contributed by atoms with Gasteiger partial charge in [-0.15, -0.1) is 0 Å². The third kappa shape index (κ3) is 2.45. The van der Waals surface area contributed by atoms with E-state index >= 15 is 0 Å². The summed E-state index contributed by atoms with van der Waals surface area (Å²) in [5.41, 5.74) is 2.47.